The van der Waals surface area contributed by atoms with Crippen molar-refractivity contribution in [1.29, 1.82) is 0 Å². The molecule has 2 aromatic rings. The monoisotopic (exact) mass is 324 g/mol. The number of amides is 1. The van der Waals surface area contributed by atoms with Gasteiger partial charge in [0.2, 0.25) is 0 Å². The van der Waals surface area contributed by atoms with Crippen LogP contribution in [-0.2, 0) is 6.42 Å². The average molecular weight is 325 g/mol. The number of hydrogen-bond acceptors (Lipinski definition) is 3. The molecule has 0 aliphatic rings. The molecule has 0 bridgehead atoms. The summed E-state index contributed by atoms with van der Waals surface area (Å²) in [6.07, 6.45) is 0.860. The van der Waals surface area contributed by atoms with Gasteiger partial charge in [0, 0.05) is 4.47 Å². The van der Waals surface area contributed by atoms with Crippen LogP contribution in [0.25, 0.3) is 0 Å². The van der Waals surface area contributed by atoms with E-state index in [1.165, 1.54) is 11.3 Å². The van der Waals surface area contributed by atoms with Crippen molar-refractivity contribution in [3.63, 3.8) is 0 Å². The number of pyridine rings is 1. The van der Waals surface area contributed by atoms with Crippen LogP contribution >= 0.6 is 27.3 Å². The van der Waals surface area contributed by atoms with E-state index in [9.17, 15) is 4.79 Å². The molecule has 2 heterocycles. The highest BCUT2D eigenvalue weighted by Crippen LogP contribution is 2.20. The molecule has 5 heteroatoms. The Kier molecular flexibility index (Phi) is 4.14. The highest BCUT2D eigenvalue weighted by atomic mass is 79.9. The molecule has 0 saturated carbocycles. The Bertz CT molecular complexity index is 580. The van der Waals surface area contributed by atoms with Gasteiger partial charge in [-0.1, -0.05) is 6.92 Å². The van der Waals surface area contributed by atoms with E-state index in [1.54, 1.807) is 6.07 Å². The van der Waals surface area contributed by atoms with Gasteiger partial charge < -0.3 is 5.32 Å². The van der Waals surface area contributed by atoms with Crippen molar-refractivity contribution < 1.29 is 4.79 Å². The zero-order valence-corrected chi connectivity index (χ0v) is 12.6. The summed E-state index contributed by atoms with van der Waals surface area (Å²) >= 11 is 4.84. The van der Waals surface area contributed by atoms with Crippen LogP contribution in [0.5, 0.6) is 0 Å². The van der Waals surface area contributed by atoms with E-state index in [2.05, 4.69) is 26.2 Å². The van der Waals surface area contributed by atoms with Gasteiger partial charge in [-0.05, 0) is 58.4 Å². The molecule has 0 fully saturated rings. The third kappa shape index (κ3) is 2.79. The standard InChI is InChI=1S/C13H13BrN2OS/c1-3-9-6-7-18-12(9)13(17)16-11-5-4-10(14)8(2)15-11/h4-7H,3H2,1-2H3,(H,15,16,17). The predicted octanol–water partition coefficient (Wildman–Crippen LogP) is 4.03. The Labute approximate surface area is 118 Å². The molecule has 0 unspecified atom stereocenters. The maximum Gasteiger partial charge on any atom is 0.267 e. The summed E-state index contributed by atoms with van der Waals surface area (Å²) in [6, 6.07) is 5.65. The van der Waals surface area contributed by atoms with Crippen LogP contribution in [0.1, 0.15) is 27.9 Å². The van der Waals surface area contributed by atoms with Crippen LogP contribution in [0.2, 0.25) is 0 Å². The van der Waals surface area contributed by atoms with E-state index in [0.717, 1.165) is 27.0 Å². The number of aromatic nitrogens is 1. The van der Waals surface area contributed by atoms with Crippen molar-refractivity contribution in [2.24, 2.45) is 0 Å². The van der Waals surface area contributed by atoms with Crippen molar-refractivity contribution in [1.82, 2.24) is 4.98 Å². The number of anilines is 1. The quantitative estimate of drug-likeness (QED) is 0.926. The van der Waals surface area contributed by atoms with Gasteiger partial charge in [0.15, 0.2) is 0 Å². The summed E-state index contributed by atoms with van der Waals surface area (Å²) < 4.78 is 0.936. The number of nitrogens with zero attached hydrogens (tertiary/aromatic N) is 1. The fourth-order valence-corrected chi connectivity index (χ4v) is 2.71. The number of halogens is 1. The van der Waals surface area contributed by atoms with Crippen molar-refractivity contribution >= 4 is 39.0 Å². The number of carbonyl (C=O) groups excluding carboxylic acids is 1. The van der Waals surface area contributed by atoms with Crippen molar-refractivity contribution in [3.8, 4) is 0 Å². The van der Waals surface area contributed by atoms with E-state index in [4.69, 9.17) is 0 Å². The molecule has 0 aliphatic heterocycles. The van der Waals surface area contributed by atoms with Crippen molar-refractivity contribution in [2.45, 2.75) is 20.3 Å². The molecule has 0 aromatic carbocycles. The van der Waals surface area contributed by atoms with Gasteiger partial charge in [-0.2, -0.15) is 0 Å². The van der Waals surface area contributed by atoms with Crippen LogP contribution in [0, 0.1) is 6.92 Å². The molecule has 1 amide bonds. The number of aryl methyl sites for hydroxylation is 2. The number of hydrogen-bond donors (Lipinski definition) is 1. The van der Waals surface area contributed by atoms with Crippen LogP contribution in [0.3, 0.4) is 0 Å². The van der Waals surface area contributed by atoms with E-state index in [-0.39, 0.29) is 5.91 Å². The zero-order chi connectivity index (χ0) is 13.1. The molecular weight excluding hydrogens is 312 g/mol. The third-order valence-corrected chi connectivity index (χ3v) is 4.39. The van der Waals surface area contributed by atoms with Gasteiger partial charge in [-0.15, -0.1) is 11.3 Å². The molecule has 0 aliphatic carbocycles. The second-order valence-electron chi connectivity index (χ2n) is 3.85. The lowest BCUT2D eigenvalue weighted by atomic mass is 10.2. The average Bonchev–Trinajstić information content (AvgIpc) is 2.82. The zero-order valence-electron chi connectivity index (χ0n) is 10.2. The lowest BCUT2D eigenvalue weighted by Crippen LogP contribution is -2.13. The summed E-state index contributed by atoms with van der Waals surface area (Å²) in [5.41, 5.74) is 1.93. The molecule has 18 heavy (non-hydrogen) atoms. The van der Waals surface area contributed by atoms with Crippen LogP contribution in [-0.4, -0.2) is 10.9 Å². The van der Waals surface area contributed by atoms with Gasteiger partial charge >= 0.3 is 0 Å². The van der Waals surface area contributed by atoms with Gasteiger partial charge in [0.25, 0.3) is 5.91 Å². The lowest BCUT2D eigenvalue weighted by Gasteiger charge is -2.06. The second-order valence-corrected chi connectivity index (χ2v) is 5.62. The molecule has 1 N–H and O–H groups in total. The van der Waals surface area contributed by atoms with Crippen molar-refractivity contribution in [2.75, 3.05) is 5.32 Å². The van der Waals surface area contributed by atoms with E-state index in [1.807, 2.05) is 31.4 Å². The number of carbonyl (C=O) groups is 1. The van der Waals surface area contributed by atoms with Gasteiger partial charge in [-0.25, -0.2) is 4.98 Å². The molecule has 3 nitrogen and oxygen atoms in total. The minimum absolute atomic E-state index is 0.0870. The summed E-state index contributed by atoms with van der Waals surface area (Å²) in [5, 5.41) is 4.77. The Morgan fingerprint density at radius 1 is 1.44 bits per heavy atom. The first-order chi connectivity index (χ1) is 8.61. The highest BCUT2D eigenvalue weighted by molar-refractivity contribution is 9.10. The molecule has 0 spiro atoms. The number of nitrogens with one attached hydrogen (secondary N) is 1. The first-order valence-electron chi connectivity index (χ1n) is 5.62. The normalized spacial score (nSPS) is 10.4. The minimum Gasteiger partial charge on any atom is -0.306 e. The van der Waals surface area contributed by atoms with Gasteiger partial charge in [0.1, 0.15) is 5.82 Å². The Balaban J connectivity index is 2.19. The van der Waals surface area contributed by atoms with Crippen LogP contribution in [0.4, 0.5) is 5.82 Å². The second kappa shape index (κ2) is 5.63. The SMILES string of the molecule is CCc1ccsc1C(=O)Nc1ccc(Br)c(C)n1. The minimum atomic E-state index is -0.0870. The smallest absolute Gasteiger partial charge is 0.267 e. The molecule has 2 rings (SSSR count). The van der Waals surface area contributed by atoms with Crippen LogP contribution < -0.4 is 5.32 Å². The van der Waals surface area contributed by atoms with Gasteiger partial charge in [0.05, 0.1) is 10.6 Å². The number of rotatable bonds is 3. The Morgan fingerprint density at radius 2 is 2.22 bits per heavy atom. The Morgan fingerprint density at radius 3 is 2.89 bits per heavy atom. The lowest BCUT2D eigenvalue weighted by molar-refractivity contribution is 0.102. The molecule has 0 saturated heterocycles. The largest absolute Gasteiger partial charge is 0.306 e. The van der Waals surface area contributed by atoms with E-state index < -0.39 is 0 Å². The van der Waals surface area contributed by atoms with E-state index in [0.29, 0.717) is 5.82 Å². The van der Waals surface area contributed by atoms with Crippen LogP contribution in [0.15, 0.2) is 28.1 Å². The number of thiophene rings is 1. The summed E-state index contributed by atoms with van der Waals surface area (Å²) in [5.74, 6) is 0.493. The van der Waals surface area contributed by atoms with Crippen molar-refractivity contribution in [3.05, 3.63) is 44.2 Å². The molecule has 0 atom stereocenters. The fourth-order valence-electron chi connectivity index (χ4n) is 1.60. The summed E-state index contributed by atoms with van der Waals surface area (Å²) in [7, 11) is 0. The van der Waals surface area contributed by atoms with E-state index >= 15 is 0 Å². The topological polar surface area (TPSA) is 42.0 Å². The molecule has 2 aromatic heterocycles. The third-order valence-electron chi connectivity index (χ3n) is 2.60. The molecular formula is C13H13BrN2OS. The maximum atomic E-state index is 12.1. The highest BCUT2D eigenvalue weighted by Gasteiger charge is 2.12. The maximum absolute atomic E-state index is 12.1. The molecule has 94 valence electrons. The fraction of sp³-hybridized carbons (Fsp3) is 0.231. The molecule has 0 radical (unpaired) electrons. The Hall–Kier alpha value is -1.20. The first kappa shape index (κ1) is 13.2. The summed E-state index contributed by atoms with van der Waals surface area (Å²) in [4.78, 5) is 17.2. The summed E-state index contributed by atoms with van der Waals surface area (Å²) in [6.45, 7) is 3.93. The van der Waals surface area contributed by atoms with Gasteiger partial charge in [-0.3, -0.25) is 4.79 Å². The predicted molar refractivity (Wildman–Crippen MR) is 78.3 cm³/mol. The first-order valence-corrected chi connectivity index (χ1v) is 7.30.